The van der Waals surface area contributed by atoms with Crippen LogP contribution in [0.25, 0.3) is 0 Å². The van der Waals surface area contributed by atoms with Gasteiger partial charge in [0.1, 0.15) is 4.99 Å². The molecule has 0 bridgehead atoms. The van der Waals surface area contributed by atoms with Crippen molar-refractivity contribution in [3.05, 3.63) is 29.8 Å². The van der Waals surface area contributed by atoms with Crippen molar-refractivity contribution in [2.45, 2.75) is 13.8 Å². The number of sulfonamides is 1. The van der Waals surface area contributed by atoms with Gasteiger partial charge in [-0.1, -0.05) is 38.2 Å². The van der Waals surface area contributed by atoms with Crippen LogP contribution in [0.3, 0.4) is 0 Å². The molecule has 0 saturated heterocycles. The second-order valence-corrected chi connectivity index (χ2v) is 6.43. The molecule has 1 aromatic rings. The molecule has 0 unspecified atom stereocenters. The lowest BCUT2D eigenvalue weighted by Crippen LogP contribution is -2.20. The van der Waals surface area contributed by atoms with E-state index in [1.165, 1.54) is 0 Å². The van der Waals surface area contributed by atoms with E-state index < -0.39 is 10.0 Å². The first-order valence-electron chi connectivity index (χ1n) is 5.20. The van der Waals surface area contributed by atoms with Crippen LogP contribution in [0.5, 0.6) is 0 Å². The first-order valence-corrected chi connectivity index (χ1v) is 7.26. The average Bonchev–Trinajstić information content (AvgIpc) is 2.14. The molecule has 0 saturated carbocycles. The van der Waals surface area contributed by atoms with Crippen molar-refractivity contribution < 1.29 is 8.42 Å². The molecule has 0 amide bonds. The van der Waals surface area contributed by atoms with Gasteiger partial charge in [-0.2, -0.15) is 0 Å². The molecular formula is C11H16N2O2S2. The fourth-order valence-corrected chi connectivity index (χ4v) is 2.97. The van der Waals surface area contributed by atoms with Crippen molar-refractivity contribution in [3.8, 4) is 0 Å². The van der Waals surface area contributed by atoms with E-state index in [4.69, 9.17) is 18.0 Å². The molecule has 0 radical (unpaired) electrons. The Labute approximate surface area is 107 Å². The van der Waals surface area contributed by atoms with Crippen LogP contribution >= 0.6 is 12.2 Å². The van der Waals surface area contributed by atoms with Gasteiger partial charge in [0.05, 0.1) is 5.75 Å². The van der Waals surface area contributed by atoms with Crippen LogP contribution in [-0.4, -0.2) is 19.2 Å². The van der Waals surface area contributed by atoms with Gasteiger partial charge in [-0.25, -0.2) is 8.42 Å². The summed E-state index contributed by atoms with van der Waals surface area (Å²) in [7, 11) is -3.31. The molecule has 1 rings (SSSR count). The zero-order chi connectivity index (χ0) is 13.1. The number of hydrogen-bond donors (Lipinski definition) is 2. The molecule has 6 heteroatoms. The number of anilines is 1. The highest BCUT2D eigenvalue weighted by Crippen LogP contribution is 2.13. The van der Waals surface area contributed by atoms with Gasteiger partial charge in [0, 0.05) is 11.3 Å². The summed E-state index contributed by atoms with van der Waals surface area (Å²) >= 11 is 4.83. The lowest BCUT2D eigenvalue weighted by Gasteiger charge is -2.10. The number of rotatable bonds is 5. The molecule has 0 atom stereocenters. The summed E-state index contributed by atoms with van der Waals surface area (Å²) < 4.78 is 25.9. The van der Waals surface area contributed by atoms with Gasteiger partial charge in [0.15, 0.2) is 0 Å². The molecule has 0 heterocycles. The third-order valence-electron chi connectivity index (χ3n) is 1.97. The second kappa shape index (κ2) is 5.46. The molecule has 3 N–H and O–H groups in total. The Morgan fingerprint density at radius 2 is 2.12 bits per heavy atom. The van der Waals surface area contributed by atoms with E-state index in [1.54, 1.807) is 24.3 Å². The van der Waals surface area contributed by atoms with Crippen molar-refractivity contribution in [2.75, 3.05) is 10.5 Å². The van der Waals surface area contributed by atoms with Crippen LogP contribution in [0.2, 0.25) is 0 Å². The Morgan fingerprint density at radius 3 is 2.65 bits per heavy atom. The van der Waals surface area contributed by atoms with Crippen LogP contribution < -0.4 is 10.5 Å². The predicted molar refractivity (Wildman–Crippen MR) is 74.6 cm³/mol. The van der Waals surface area contributed by atoms with Crippen molar-refractivity contribution in [1.29, 1.82) is 0 Å². The Bertz CT molecular complexity index is 510. The van der Waals surface area contributed by atoms with Gasteiger partial charge in [0.2, 0.25) is 10.0 Å². The summed E-state index contributed by atoms with van der Waals surface area (Å²) in [4.78, 5) is 0.245. The van der Waals surface area contributed by atoms with Gasteiger partial charge in [-0.15, -0.1) is 0 Å². The van der Waals surface area contributed by atoms with Gasteiger partial charge in [-0.05, 0) is 18.1 Å². The second-order valence-electron chi connectivity index (χ2n) is 4.22. The standard InChI is InChI=1S/C11H16N2O2S2/c1-8(2)7-17(14,15)13-10-5-3-4-9(6-10)11(12)16/h3-6,8,13H,7H2,1-2H3,(H2,12,16). The van der Waals surface area contributed by atoms with Crippen LogP contribution in [0, 0.1) is 5.92 Å². The Hall–Kier alpha value is -1.14. The van der Waals surface area contributed by atoms with E-state index in [9.17, 15) is 8.42 Å². The fraction of sp³-hybridized carbons (Fsp3) is 0.364. The Kier molecular flexibility index (Phi) is 4.47. The molecule has 0 aliphatic rings. The molecule has 1 aromatic carbocycles. The molecule has 0 aliphatic carbocycles. The monoisotopic (exact) mass is 272 g/mol. The lowest BCUT2D eigenvalue weighted by molar-refractivity contribution is 0.587. The Balaban J connectivity index is 2.89. The van der Waals surface area contributed by atoms with Gasteiger partial charge >= 0.3 is 0 Å². The number of thiocarbonyl (C=S) groups is 1. The zero-order valence-corrected chi connectivity index (χ0v) is 11.4. The lowest BCUT2D eigenvalue weighted by atomic mass is 10.2. The quantitative estimate of drug-likeness (QED) is 0.801. The summed E-state index contributed by atoms with van der Waals surface area (Å²) in [6.07, 6.45) is 0. The summed E-state index contributed by atoms with van der Waals surface area (Å²) in [5.41, 5.74) is 6.61. The summed E-state index contributed by atoms with van der Waals surface area (Å²) in [6, 6.07) is 6.74. The van der Waals surface area contributed by atoms with Crippen LogP contribution in [0.1, 0.15) is 19.4 Å². The number of benzene rings is 1. The maximum atomic E-state index is 11.7. The molecule has 0 spiro atoms. The smallest absolute Gasteiger partial charge is 0.232 e. The first-order chi connectivity index (χ1) is 7.80. The zero-order valence-electron chi connectivity index (χ0n) is 9.80. The van der Waals surface area contributed by atoms with Gasteiger partial charge in [-0.3, -0.25) is 4.72 Å². The molecular weight excluding hydrogens is 256 g/mol. The minimum atomic E-state index is -3.31. The number of hydrogen-bond acceptors (Lipinski definition) is 3. The highest BCUT2D eigenvalue weighted by molar-refractivity contribution is 7.92. The van der Waals surface area contributed by atoms with Crippen molar-refractivity contribution >= 4 is 32.9 Å². The predicted octanol–water partition coefficient (Wildman–Crippen LogP) is 1.72. The third kappa shape index (κ3) is 4.70. The fourth-order valence-electron chi connectivity index (χ4n) is 1.40. The molecule has 0 aromatic heterocycles. The van der Waals surface area contributed by atoms with E-state index in [2.05, 4.69) is 4.72 Å². The van der Waals surface area contributed by atoms with Gasteiger partial charge in [0.25, 0.3) is 0 Å². The maximum absolute atomic E-state index is 11.7. The average molecular weight is 272 g/mol. The number of nitrogens with two attached hydrogens (primary N) is 1. The first kappa shape index (κ1) is 13.9. The topological polar surface area (TPSA) is 72.2 Å². The van der Waals surface area contributed by atoms with Crippen LogP contribution in [0.15, 0.2) is 24.3 Å². The molecule has 17 heavy (non-hydrogen) atoms. The molecule has 0 fully saturated rings. The summed E-state index contributed by atoms with van der Waals surface area (Å²) in [5, 5.41) is 0. The van der Waals surface area contributed by atoms with E-state index in [0.717, 1.165) is 0 Å². The van der Waals surface area contributed by atoms with Crippen LogP contribution in [-0.2, 0) is 10.0 Å². The third-order valence-corrected chi connectivity index (χ3v) is 3.86. The SMILES string of the molecule is CC(C)CS(=O)(=O)Nc1cccc(C(N)=S)c1. The largest absolute Gasteiger partial charge is 0.389 e. The summed E-state index contributed by atoms with van der Waals surface area (Å²) in [6.45, 7) is 3.70. The van der Waals surface area contributed by atoms with E-state index >= 15 is 0 Å². The maximum Gasteiger partial charge on any atom is 0.232 e. The van der Waals surface area contributed by atoms with E-state index in [0.29, 0.717) is 11.3 Å². The molecule has 0 aliphatic heterocycles. The minimum absolute atomic E-state index is 0.0752. The normalized spacial score (nSPS) is 11.5. The summed E-state index contributed by atoms with van der Waals surface area (Å²) in [5.74, 6) is 0.163. The number of nitrogens with one attached hydrogen (secondary N) is 1. The highest BCUT2D eigenvalue weighted by atomic mass is 32.2. The molecule has 4 nitrogen and oxygen atoms in total. The van der Waals surface area contributed by atoms with E-state index in [-0.39, 0.29) is 16.7 Å². The van der Waals surface area contributed by atoms with Gasteiger partial charge < -0.3 is 5.73 Å². The van der Waals surface area contributed by atoms with Crippen LogP contribution in [0.4, 0.5) is 5.69 Å². The molecule has 94 valence electrons. The van der Waals surface area contributed by atoms with Crippen molar-refractivity contribution in [3.63, 3.8) is 0 Å². The van der Waals surface area contributed by atoms with E-state index in [1.807, 2.05) is 13.8 Å². The van der Waals surface area contributed by atoms with Crippen molar-refractivity contribution in [1.82, 2.24) is 0 Å². The minimum Gasteiger partial charge on any atom is -0.389 e. The Morgan fingerprint density at radius 1 is 1.47 bits per heavy atom. The highest BCUT2D eigenvalue weighted by Gasteiger charge is 2.13. The van der Waals surface area contributed by atoms with Crippen molar-refractivity contribution in [2.24, 2.45) is 11.7 Å².